The molecule has 1 unspecified atom stereocenters. The van der Waals surface area contributed by atoms with E-state index in [2.05, 4.69) is 4.90 Å². The van der Waals surface area contributed by atoms with Crippen LogP contribution in [-0.2, 0) is 14.2 Å². The van der Waals surface area contributed by atoms with Crippen LogP contribution in [0.25, 0.3) is 0 Å². The average Bonchev–Trinajstić information content (AvgIpc) is 2.66. The Morgan fingerprint density at radius 2 is 2.38 bits per heavy atom. The third-order valence-electron chi connectivity index (χ3n) is 3.22. The number of β-amino-alcohol motifs (C(OH)–C–C–N with tert-alkyl or cyclic N) is 1. The molecule has 2 atom stereocenters. The van der Waals surface area contributed by atoms with Gasteiger partial charge < -0.3 is 19.3 Å². The number of hydrogen-bond acceptors (Lipinski definition) is 5. The summed E-state index contributed by atoms with van der Waals surface area (Å²) in [6, 6.07) is 0. The predicted molar refractivity (Wildman–Crippen MR) is 58.4 cm³/mol. The van der Waals surface area contributed by atoms with Crippen LogP contribution in [0.1, 0.15) is 6.42 Å². The summed E-state index contributed by atoms with van der Waals surface area (Å²) in [5.74, 6) is 0. The Morgan fingerprint density at radius 1 is 1.50 bits per heavy atom. The molecule has 2 heterocycles. The molecular formula is C11H21NO4. The number of morpholine rings is 1. The van der Waals surface area contributed by atoms with E-state index in [-0.39, 0.29) is 5.60 Å². The van der Waals surface area contributed by atoms with E-state index in [1.807, 2.05) is 0 Å². The number of ether oxygens (including phenoxy) is 3. The molecule has 0 bridgehead atoms. The number of rotatable bonds is 4. The molecule has 2 aliphatic rings. The number of nitrogens with zero attached hydrogens (tertiary/aromatic N) is 1. The predicted octanol–water partition coefficient (Wildman–Crippen LogP) is -0.515. The van der Waals surface area contributed by atoms with E-state index in [0.29, 0.717) is 19.8 Å². The first-order chi connectivity index (χ1) is 7.74. The van der Waals surface area contributed by atoms with Crippen molar-refractivity contribution in [2.24, 2.45) is 0 Å². The van der Waals surface area contributed by atoms with Crippen LogP contribution < -0.4 is 0 Å². The van der Waals surface area contributed by atoms with Crippen LogP contribution in [0.4, 0.5) is 0 Å². The molecule has 0 aromatic heterocycles. The smallest absolute Gasteiger partial charge is 0.106 e. The Hall–Kier alpha value is -0.200. The van der Waals surface area contributed by atoms with Crippen molar-refractivity contribution >= 4 is 0 Å². The lowest BCUT2D eigenvalue weighted by Crippen LogP contribution is -2.54. The summed E-state index contributed by atoms with van der Waals surface area (Å²) < 4.78 is 16.1. The highest BCUT2D eigenvalue weighted by Gasteiger charge is 2.40. The van der Waals surface area contributed by atoms with Gasteiger partial charge in [0.25, 0.3) is 0 Å². The lowest BCUT2D eigenvalue weighted by Gasteiger charge is -2.40. The first-order valence-electron chi connectivity index (χ1n) is 5.85. The molecule has 16 heavy (non-hydrogen) atoms. The lowest BCUT2D eigenvalue weighted by atomic mass is 10.0. The molecule has 1 spiro atoms. The molecule has 0 aromatic carbocycles. The molecule has 94 valence electrons. The third kappa shape index (κ3) is 2.93. The molecule has 1 N–H and O–H groups in total. The van der Waals surface area contributed by atoms with Crippen molar-refractivity contribution in [2.75, 3.05) is 53.2 Å². The van der Waals surface area contributed by atoms with Crippen LogP contribution in [0.5, 0.6) is 0 Å². The monoisotopic (exact) mass is 231 g/mol. The van der Waals surface area contributed by atoms with E-state index >= 15 is 0 Å². The molecule has 0 saturated carbocycles. The summed E-state index contributed by atoms with van der Waals surface area (Å²) in [6.07, 6.45) is 0.548. The first-order valence-corrected chi connectivity index (χ1v) is 5.85. The summed E-state index contributed by atoms with van der Waals surface area (Å²) in [5.41, 5.74) is -0.120. The first kappa shape index (κ1) is 12.3. The summed E-state index contributed by atoms with van der Waals surface area (Å²) in [7, 11) is 1.61. The van der Waals surface area contributed by atoms with Gasteiger partial charge in [-0.05, 0) is 0 Å². The number of methoxy groups -OCH3 is 1. The lowest BCUT2D eigenvalue weighted by molar-refractivity contribution is -0.116. The van der Waals surface area contributed by atoms with Gasteiger partial charge in [-0.3, -0.25) is 4.90 Å². The van der Waals surface area contributed by atoms with Crippen molar-refractivity contribution in [3.05, 3.63) is 0 Å². The average molecular weight is 231 g/mol. The van der Waals surface area contributed by atoms with Gasteiger partial charge in [0.05, 0.1) is 25.9 Å². The van der Waals surface area contributed by atoms with Gasteiger partial charge in [0.15, 0.2) is 0 Å². The summed E-state index contributed by atoms with van der Waals surface area (Å²) in [5, 5.41) is 9.69. The molecule has 2 aliphatic heterocycles. The van der Waals surface area contributed by atoms with Crippen molar-refractivity contribution in [1.29, 1.82) is 0 Å². The molecular weight excluding hydrogens is 210 g/mol. The topological polar surface area (TPSA) is 51.2 Å². The minimum Gasteiger partial charge on any atom is -0.389 e. The Balaban J connectivity index is 1.82. The van der Waals surface area contributed by atoms with Crippen molar-refractivity contribution in [1.82, 2.24) is 4.90 Å². The van der Waals surface area contributed by atoms with Crippen LogP contribution in [-0.4, -0.2) is 74.9 Å². The standard InChI is InChI=1S/C11H21NO4/c1-14-7-10(13)6-12-3-5-16-11(8-12)2-4-15-9-11/h10,13H,2-9H2,1H3/t10-,11?/m1/s1. The zero-order chi connectivity index (χ0) is 11.4. The Morgan fingerprint density at radius 3 is 3.06 bits per heavy atom. The fourth-order valence-corrected chi connectivity index (χ4v) is 2.45. The van der Waals surface area contributed by atoms with Gasteiger partial charge in [0, 0.05) is 39.8 Å². The Labute approximate surface area is 96.3 Å². The highest BCUT2D eigenvalue weighted by Crippen LogP contribution is 2.27. The minimum absolute atomic E-state index is 0.120. The highest BCUT2D eigenvalue weighted by molar-refractivity contribution is 4.91. The van der Waals surface area contributed by atoms with Gasteiger partial charge in [0.2, 0.25) is 0 Å². The third-order valence-corrected chi connectivity index (χ3v) is 3.22. The highest BCUT2D eigenvalue weighted by atomic mass is 16.6. The molecule has 5 heteroatoms. The molecule has 2 rings (SSSR count). The second kappa shape index (κ2) is 5.42. The molecule has 2 fully saturated rings. The second-order valence-corrected chi connectivity index (χ2v) is 4.68. The number of aliphatic hydroxyl groups is 1. The number of hydrogen-bond donors (Lipinski definition) is 1. The van der Waals surface area contributed by atoms with E-state index in [1.54, 1.807) is 7.11 Å². The van der Waals surface area contributed by atoms with Crippen molar-refractivity contribution < 1.29 is 19.3 Å². The van der Waals surface area contributed by atoms with Gasteiger partial charge >= 0.3 is 0 Å². The van der Waals surface area contributed by atoms with Gasteiger partial charge in [-0.25, -0.2) is 0 Å². The van der Waals surface area contributed by atoms with E-state index in [9.17, 15) is 5.11 Å². The van der Waals surface area contributed by atoms with E-state index in [4.69, 9.17) is 14.2 Å². The van der Waals surface area contributed by atoms with Crippen molar-refractivity contribution in [3.63, 3.8) is 0 Å². The van der Waals surface area contributed by atoms with E-state index in [0.717, 1.165) is 32.7 Å². The van der Waals surface area contributed by atoms with Gasteiger partial charge in [-0.2, -0.15) is 0 Å². The SMILES string of the molecule is COC[C@H](O)CN1CCOC2(CCOC2)C1. The maximum Gasteiger partial charge on any atom is 0.106 e. The molecule has 0 amide bonds. The zero-order valence-corrected chi connectivity index (χ0v) is 9.85. The minimum atomic E-state index is -0.414. The number of aliphatic hydroxyl groups excluding tert-OH is 1. The summed E-state index contributed by atoms with van der Waals surface area (Å²) >= 11 is 0. The van der Waals surface area contributed by atoms with E-state index < -0.39 is 6.10 Å². The fourth-order valence-electron chi connectivity index (χ4n) is 2.45. The zero-order valence-electron chi connectivity index (χ0n) is 9.85. The van der Waals surface area contributed by atoms with Crippen LogP contribution >= 0.6 is 0 Å². The maximum absolute atomic E-state index is 9.69. The largest absolute Gasteiger partial charge is 0.389 e. The second-order valence-electron chi connectivity index (χ2n) is 4.68. The van der Waals surface area contributed by atoms with Crippen molar-refractivity contribution in [2.45, 2.75) is 18.1 Å². The fraction of sp³-hybridized carbons (Fsp3) is 1.00. The maximum atomic E-state index is 9.69. The molecule has 0 aromatic rings. The normalized spacial score (nSPS) is 33.4. The van der Waals surface area contributed by atoms with Crippen LogP contribution in [0.2, 0.25) is 0 Å². The van der Waals surface area contributed by atoms with Gasteiger partial charge in [-0.15, -0.1) is 0 Å². The summed E-state index contributed by atoms with van der Waals surface area (Å²) in [6.45, 7) is 4.97. The molecule has 0 aliphatic carbocycles. The van der Waals surface area contributed by atoms with Crippen LogP contribution in [0.3, 0.4) is 0 Å². The van der Waals surface area contributed by atoms with Gasteiger partial charge in [-0.1, -0.05) is 0 Å². The molecule has 5 nitrogen and oxygen atoms in total. The molecule has 0 radical (unpaired) electrons. The van der Waals surface area contributed by atoms with E-state index in [1.165, 1.54) is 0 Å². The molecule has 2 saturated heterocycles. The van der Waals surface area contributed by atoms with Crippen LogP contribution in [0, 0.1) is 0 Å². The Bertz CT molecular complexity index is 218. The van der Waals surface area contributed by atoms with Crippen LogP contribution in [0.15, 0.2) is 0 Å². The van der Waals surface area contributed by atoms with Gasteiger partial charge in [0.1, 0.15) is 5.60 Å². The Kier molecular flexibility index (Phi) is 4.16. The summed E-state index contributed by atoms with van der Waals surface area (Å²) in [4.78, 5) is 2.24. The van der Waals surface area contributed by atoms with Crippen molar-refractivity contribution in [3.8, 4) is 0 Å². The quantitative estimate of drug-likeness (QED) is 0.706.